The van der Waals surface area contributed by atoms with Crippen LogP contribution in [-0.4, -0.2) is 102 Å². The SMILES string of the molecule is C=CCNC(=O)C(=O)C(CCC1CC1)NC(=O)[C@@H]1[C@H]2CC(C)(C)O[C@H]2CN1C(=O)[C@@H](NC(=O)NC1(CS(=O)(=O)C(C)(C)C)CCCCC1)C(C)(C)C. The Morgan fingerprint density at radius 3 is 2.17 bits per heavy atom. The third-order valence-electron chi connectivity index (χ3n) is 11.1. The lowest BCUT2D eigenvalue weighted by Gasteiger charge is -2.41. The minimum absolute atomic E-state index is 0.106. The average molecular weight is 750 g/mol. The normalized spacial score (nSPS) is 25.3. The zero-order chi connectivity index (χ0) is 38.9. The first kappa shape index (κ1) is 41.8. The summed E-state index contributed by atoms with van der Waals surface area (Å²) in [7, 11) is -3.58. The molecular formula is C38H63N5O8S. The molecule has 52 heavy (non-hydrogen) atoms. The molecule has 4 N–H and O–H groups in total. The van der Waals surface area contributed by atoms with E-state index in [1.54, 1.807) is 20.8 Å². The minimum Gasteiger partial charge on any atom is -0.370 e. The Morgan fingerprint density at radius 1 is 0.981 bits per heavy atom. The third kappa shape index (κ3) is 10.1. The van der Waals surface area contributed by atoms with E-state index in [1.807, 2.05) is 34.6 Å². The molecule has 0 aromatic heterocycles. The van der Waals surface area contributed by atoms with Gasteiger partial charge in [0.05, 0.1) is 33.8 Å². The summed E-state index contributed by atoms with van der Waals surface area (Å²) in [6, 6.07) is -3.81. The number of sulfone groups is 1. The van der Waals surface area contributed by atoms with Gasteiger partial charge in [0.1, 0.15) is 12.1 Å². The number of ether oxygens (including phenoxy) is 1. The monoisotopic (exact) mass is 749 g/mol. The van der Waals surface area contributed by atoms with Crippen LogP contribution in [0, 0.1) is 17.3 Å². The number of rotatable bonds is 14. The Morgan fingerprint density at radius 2 is 1.62 bits per heavy atom. The molecule has 0 spiro atoms. The lowest BCUT2D eigenvalue weighted by molar-refractivity contribution is -0.145. The molecule has 4 rings (SSSR count). The van der Waals surface area contributed by atoms with Crippen LogP contribution in [0.5, 0.6) is 0 Å². The van der Waals surface area contributed by atoms with Gasteiger partial charge in [-0.25, -0.2) is 13.2 Å². The van der Waals surface area contributed by atoms with E-state index in [-0.39, 0.29) is 24.8 Å². The van der Waals surface area contributed by atoms with Crippen LogP contribution in [0.25, 0.3) is 0 Å². The molecule has 0 aromatic carbocycles. The lowest BCUT2D eigenvalue weighted by Crippen LogP contribution is -2.64. The van der Waals surface area contributed by atoms with E-state index in [4.69, 9.17) is 4.74 Å². The summed E-state index contributed by atoms with van der Waals surface area (Å²) >= 11 is 0. The standard InChI is InChI=1S/C38H63N5O8S/c1-10-20-39-32(46)29(44)26(17-16-24-14-15-24)40-31(45)28-25-21-37(8,9)51-27(25)22-43(28)33(47)30(35(2,3)4)41-34(48)42-38(18-12-11-13-19-38)23-52(49,50)36(5,6)7/h10,24-28,30H,1,11-23H2,2-9H3,(H,39,46)(H,40,45)(H2,41,42,48)/t25-,26?,27-,28-,30+/m0/s1. The molecular weight excluding hydrogens is 687 g/mol. The van der Waals surface area contributed by atoms with Gasteiger partial charge in [-0.3, -0.25) is 19.2 Å². The quantitative estimate of drug-likeness (QED) is 0.154. The highest BCUT2D eigenvalue weighted by Gasteiger charge is 2.57. The number of carbonyl (C=O) groups excluding carboxylic acids is 5. The third-order valence-corrected chi connectivity index (χ3v) is 13.9. The molecule has 0 radical (unpaired) electrons. The predicted molar refractivity (Wildman–Crippen MR) is 199 cm³/mol. The molecule has 13 nitrogen and oxygen atoms in total. The van der Waals surface area contributed by atoms with Crippen molar-refractivity contribution in [2.75, 3.05) is 18.8 Å². The molecule has 1 unspecified atom stereocenters. The van der Waals surface area contributed by atoms with Crippen LogP contribution in [0.1, 0.15) is 120 Å². The van der Waals surface area contributed by atoms with Crippen LogP contribution in [0.4, 0.5) is 4.79 Å². The topological polar surface area (TPSA) is 180 Å². The van der Waals surface area contributed by atoms with Crippen molar-refractivity contribution in [2.45, 2.75) is 160 Å². The molecule has 2 saturated heterocycles. The maximum atomic E-state index is 14.6. The van der Waals surface area contributed by atoms with Crippen molar-refractivity contribution in [3.8, 4) is 0 Å². The van der Waals surface area contributed by atoms with Crippen molar-refractivity contribution in [3.63, 3.8) is 0 Å². The number of amides is 5. The second-order valence-electron chi connectivity index (χ2n) is 18.3. The average Bonchev–Trinajstić information content (AvgIpc) is 3.72. The minimum atomic E-state index is -3.58. The fraction of sp³-hybridized carbons (Fsp3) is 0.816. The number of fused-ring (bicyclic) bond motifs is 1. The number of urea groups is 1. The van der Waals surface area contributed by atoms with Crippen LogP contribution in [-0.2, 0) is 33.8 Å². The van der Waals surface area contributed by atoms with Crippen molar-refractivity contribution in [1.29, 1.82) is 0 Å². The molecule has 2 heterocycles. The van der Waals surface area contributed by atoms with Gasteiger partial charge in [-0.1, -0.05) is 59.0 Å². The van der Waals surface area contributed by atoms with Gasteiger partial charge < -0.3 is 30.9 Å². The second-order valence-corrected chi connectivity index (χ2v) is 21.0. The number of hydrogen-bond acceptors (Lipinski definition) is 8. The first-order valence-corrected chi connectivity index (χ1v) is 20.7. The van der Waals surface area contributed by atoms with Crippen LogP contribution in [0.2, 0.25) is 0 Å². The lowest BCUT2D eigenvalue weighted by atomic mass is 9.83. The van der Waals surface area contributed by atoms with Crippen molar-refractivity contribution in [2.24, 2.45) is 17.3 Å². The molecule has 5 amide bonds. The summed E-state index contributed by atoms with van der Waals surface area (Å²) < 4.78 is 32.0. The Hall–Kier alpha value is -3.00. The molecule has 4 aliphatic rings. The first-order valence-electron chi connectivity index (χ1n) is 19.0. The molecule has 0 aromatic rings. The van der Waals surface area contributed by atoms with Gasteiger partial charge in [0.25, 0.3) is 5.91 Å². The number of ketones is 1. The van der Waals surface area contributed by atoms with Crippen LogP contribution in [0.15, 0.2) is 12.7 Å². The summed E-state index contributed by atoms with van der Waals surface area (Å²) in [4.78, 5) is 70.3. The maximum absolute atomic E-state index is 14.6. The van der Waals surface area contributed by atoms with Gasteiger partial charge in [-0.2, -0.15) is 0 Å². The van der Waals surface area contributed by atoms with Gasteiger partial charge in [0.15, 0.2) is 9.84 Å². The van der Waals surface area contributed by atoms with E-state index in [9.17, 15) is 32.4 Å². The highest BCUT2D eigenvalue weighted by molar-refractivity contribution is 7.92. The van der Waals surface area contributed by atoms with Crippen LogP contribution < -0.4 is 21.3 Å². The van der Waals surface area contributed by atoms with E-state index in [1.165, 1.54) is 11.0 Å². The van der Waals surface area contributed by atoms with Crippen molar-refractivity contribution in [1.82, 2.24) is 26.2 Å². The highest BCUT2D eigenvalue weighted by Crippen LogP contribution is 2.44. The van der Waals surface area contributed by atoms with Crippen molar-refractivity contribution in [3.05, 3.63) is 12.7 Å². The Kier molecular flexibility index (Phi) is 12.7. The second kappa shape index (κ2) is 15.8. The Bertz CT molecular complexity index is 1490. The Labute approximate surface area is 310 Å². The molecule has 0 bridgehead atoms. The highest BCUT2D eigenvalue weighted by atomic mass is 32.2. The van der Waals surface area contributed by atoms with Crippen LogP contribution in [0.3, 0.4) is 0 Å². The summed E-state index contributed by atoms with van der Waals surface area (Å²) in [6.07, 6.45) is 8.05. The first-order chi connectivity index (χ1) is 24.0. The Balaban J connectivity index is 1.59. The molecule has 2 aliphatic heterocycles. The number of nitrogens with one attached hydrogen (secondary N) is 4. The molecule has 294 valence electrons. The summed E-state index contributed by atoms with van der Waals surface area (Å²) in [5.41, 5.74) is -2.33. The number of Topliss-reactive ketones (excluding diaryl/α,β-unsaturated/α-hetero) is 1. The molecule has 4 fully saturated rings. The number of carbonyl (C=O) groups is 5. The number of hydrogen-bond donors (Lipinski definition) is 4. The van der Waals surface area contributed by atoms with Gasteiger partial charge in [0.2, 0.25) is 17.6 Å². The van der Waals surface area contributed by atoms with E-state index in [2.05, 4.69) is 27.8 Å². The molecule has 2 aliphatic carbocycles. The van der Waals surface area contributed by atoms with Crippen molar-refractivity contribution >= 4 is 39.4 Å². The van der Waals surface area contributed by atoms with E-state index < -0.39 is 84.9 Å². The van der Waals surface area contributed by atoms with Crippen LogP contribution >= 0.6 is 0 Å². The summed E-state index contributed by atoms with van der Waals surface area (Å²) in [6.45, 7) is 18.1. The van der Waals surface area contributed by atoms with Gasteiger partial charge in [-0.15, -0.1) is 6.58 Å². The predicted octanol–water partition coefficient (Wildman–Crippen LogP) is 3.56. The van der Waals surface area contributed by atoms with Gasteiger partial charge in [-0.05, 0) is 78.1 Å². The smallest absolute Gasteiger partial charge is 0.315 e. The van der Waals surface area contributed by atoms with Gasteiger partial charge >= 0.3 is 6.03 Å². The molecule has 14 heteroatoms. The zero-order valence-corrected chi connectivity index (χ0v) is 33.4. The largest absolute Gasteiger partial charge is 0.370 e. The summed E-state index contributed by atoms with van der Waals surface area (Å²) in [5.74, 6) is -2.72. The maximum Gasteiger partial charge on any atom is 0.315 e. The van der Waals surface area contributed by atoms with Gasteiger partial charge in [0, 0.05) is 19.0 Å². The number of likely N-dealkylation sites (tertiary alicyclic amines) is 1. The number of nitrogens with zero attached hydrogens (tertiary/aromatic N) is 1. The zero-order valence-electron chi connectivity index (χ0n) is 32.6. The van der Waals surface area contributed by atoms with E-state index >= 15 is 0 Å². The fourth-order valence-electron chi connectivity index (χ4n) is 7.92. The molecule has 2 saturated carbocycles. The fourth-order valence-corrected chi connectivity index (χ4v) is 9.44. The van der Waals surface area contributed by atoms with Crippen molar-refractivity contribution < 1.29 is 37.1 Å². The van der Waals surface area contributed by atoms with E-state index in [0.29, 0.717) is 38.0 Å². The van der Waals surface area contributed by atoms with E-state index in [0.717, 1.165) is 32.1 Å². The molecule has 5 atom stereocenters. The summed E-state index contributed by atoms with van der Waals surface area (Å²) in [5, 5.41) is 11.2.